The Balaban J connectivity index is 1.49. The summed E-state index contributed by atoms with van der Waals surface area (Å²) in [5, 5.41) is 4.39. The normalized spacial score (nSPS) is 11.7. The fraction of sp³-hybridized carbons (Fsp3) is 0.100. The molecule has 0 saturated carbocycles. The van der Waals surface area contributed by atoms with Crippen molar-refractivity contribution in [1.29, 1.82) is 0 Å². The molecule has 4 rings (SSSR count). The molecule has 0 aliphatic carbocycles. The van der Waals surface area contributed by atoms with Crippen LogP contribution in [0.1, 0.15) is 11.3 Å². The van der Waals surface area contributed by atoms with Crippen molar-refractivity contribution in [2.24, 2.45) is 0 Å². The molecule has 0 aliphatic heterocycles. The van der Waals surface area contributed by atoms with Crippen LogP contribution in [0.2, 0.25) is 0 Å². The lowest BCUT2D eigenvalue weighted by Gasteiger charge is -2.08. The van der Waals surface area contributed by atoms with E-state index in [4.69, 9.17) is 0 Å². The molecule has 2 heterocycles. The highest BCUT2D eigenvalue weighted by Crippen LogP contribution is 2.30. The highest BCUT2D eigenvalue weighted by atomic mass is 32.1. The van der Waals surface area contributed by atoms with Gasteiger partial charge in [0.1, 0.15) is 5.82 Å². The minimum atomic E-state index is -4.42. The number of carbonyl (C=O) groups is 1. The number of anilines is 1. The summed E-state index contributed by atoms with van der Waals surface area (Å²) >= 11 is 1.36. The van der Waals surface area contributed by atoms with Crippen LogP contribution in [0.25, 0.3) is 16.2 Å². The van der Waals surface area contributed by atoms with Crippen molar-refractivity contribution in [1.82, 2.24) is 9.38 Å². The van der Waals surface area contributed by atoms with E-state index in [0.717, 1.165) is 17.7 Å². The maximum absolute atomic E-state index is 13.1. The first kappa shape index (κ1) is 19.1. The molecule has 0 atom stereocenters. The molecule has 9 heteroatoms. The van der Waals surface area contributed by atoms with E-state index in [2.05, 4.69) is 10.3 Å². The average molecular weight is 419 g/mol. The summed E-state index contributed by atoms with van der Waals surface area (Å²) < 4.78 is 52.7. The van der Waals surface area contributed by atoms with Crippen molar-refractivity contribution >= 4 is 27.9 Å². The van der Waals surface area contributed by atoms with Gasteiger partial charge in [-0.25, -0.2) is 9.37 Å². The van der Waals surface area contributed by atoms with E-state index in [1.54, 1.807) is 28.1 Å². The number of alkyl halides is 3. The van der Waals surface area contributed by atoms with E-state index in [1.165, 1.54) is 35.6 Å². The lowest BCUT2D eigenvalue weighted by molar-refractivity contribution is -0.137. The molecule has 1 N–H and O–H groups in total. The Morgan fingerprint density at radius 1 is 1.07 bits per heavy atom. The van der Waals surface area contributed by atoms with Crippen LogP contribution < -0.4 is 5.32 Å². The van der Waals surface area contributed by atoms with Crippen molar-refractivity contribution in [3.05, 3.63) is 77.2 Å². The van der Waals surface area contributed by atoms with Crippen molar-refractivity contribution in [3.8, 4) is 11.3 Å². The first-order valence-electron chi connectivity index (χ1n) is 8.48. The van der Waals surface area contributed by atoms with Crippen LogP contribution in [-0.4, -0.2) is 15.3 Å². The van der Waals surface area contributed by atoms with E-state index in [0.29, 0.717) is 16.3 Å². The van der Waals surface area contributed by atoms with Gasteiger partial charge >= 0.3 is 6.18 Å². The van der Waals surface area contributed by atoms with Crippen molar-refractivity contribution in [2.45, 2.75) is 12.6 Å². The number of imidazole rings is 1. The maximum atomic E-state index is 13.1. The number of nitrogens with zero attached hydrogens (tertiary/aromatic N) is 2. The lowest BCUT2D eigenvalue weighted by atomic mass is 10.2. The highest BCUT2D eigenvalue weighted by Gasteiger charge is 2.30. The molecule has 0 saturated heterocycles. The minimum absolute atomic E-state index is 0.0280. The Morgan fingerprint density at radius 2 is 1.76 bits per heavy atom. The summed E-state index contributed by atoms with van der Waals surface area (Å²) in [7, 11) is 0. The number of aromatic nitrogens is 2. The van der Waals surface area contributed by atoms with Gasteiger partial charge in [0, 0.05) is 28.5 Å². The first-order chi connectivity index (χ1) is 13.8. The van der Waals surface area contributed by atoms with Crippen LogP contribution >= 0.6 is 11.3 Å². The summed E-state index contributed by atoms with van der Waals surface area (Å²) in [6.07, 6.45) is -2.63. The number of rotatable bonds is 4. The topological polar surface area (TPSA) is 46.4 Å². The second-order valence-electron chi connectivity index (χ2n) is 6.31. The number of amides is 1. The zero-order valence-corrected chi connectivity index (χ0v) is 15.5. The number of halogens is 4. The van der Waals surface area contributed by atoms with Gasteiger partial charge in [-0.15, -0.1) is 11.3 Å². The molecular weight excluding hydrogens is 406 g/mol. The Kier molecular flexibility index (Phi) is 4.83. The first-order valence-corrected chi connectivity index (χ1v) is 9.36. The van der Waals surface area contributed by atoms with Gasteiger partial charge in [0.15, 0.2) is 4.96 Å². The van der Waals surface area contributed by atoms with Crippen molar-refractivity contribution in [2.75, 3.05) is 5.32 Å². The van der Waals surface area contributed by atoms with Gasteiger partial charge < -0.3 is 5.32 Å². The molecule has 1 amide bonds. The summed E-state index contributed by atoms with van der Waals surface area (Å²) in [4.78, 5) is 17.5. The zero-order chi connectivity index (χ0) is 20.6. The molecule has 4 nitrogen and oxygen atoms in total. The van der Waals surface area contributed by atoms with Crippen LogP contribution in [0.4, 0.5) is 23.2 Å². The number of fused-ring (bicyclic) bond motifs is 1. The van der Waals surface area contributed by atoms with Gasteiger partial charge in [-0.3, -0.25) is 9.20 Å². The van der Waals surface area contributed by atoms with Gasteiger partial charge in [0.2, 0.25) is 5.91 Å². The molecule has 0 radical (unpaired) electrons. The lowest BCUT2D eigenvalue weighted by Crippen LogP contribution is -2.15. The van der Waals surface area contributed by atoms with E-state index in [1.807, 2.05) is 0 Å². The summed E-state index contributed by atoms with van der Waals surface area (Å²) in [5.74, 6) is -0.697. The third-order valence-electron chi connectivity index (χ3n) is 4.26. The molecule has 0 spiro atoms. The van der Waals surface area contributed by atoms with Crippen molar-refractivity contribution in [3.63, 3.8) is 0 Å². The molecular formula is C20H13F4N3OS. The van der Waals surface area contributed by atoms with Gasteiger partial charge in [0.25, 0.3) is 0 Å². The number of thiazole rings is 1. The Bertz CT molecular complexity index is 1160. The Morgan fingerprint density at radius 3 is 2.41 bits per heavy atom. The second-order valence-corrected chi connectivity index (χ2v) is 7.15. The van der Waals surface area contributed by atoms with Crippen LogP contribution in [0.15, 0.2) is 60.1 Å². The van der Waals surface area contributed by atoms with E-state index < -0.39 is 11.7 Å². The molecule has 4 aromatic rings. The highest BCUT2D eigenvalue weighted by molar-refractivity contribution is 7.15. The van der Waals surface area contributed by atoms with Crippen LogP contribution in [0.5, 0.6) is 0 Å². The fourth-order valence-electron chi connectivity index (χ4n) is 2.83. The molecule has 0 bridgehead atoms. The molecule has 0 fully saturated rings. The summed E-state index contributed by atoms with van der Waals surface area (Å²) in [6, 6.07) is 10.2. The molecule has 2 aromatic heterocycles. The van der Waals surface area contributed by atoms with E-state index in [9.17, 15) is 22.4 Å². The number of carbonyl (C=O) groups excluding carboxylic acids is 1. The van der Waals surface area contributed by atoms with E-state index in [-0.39, 0.29) is 23.8 Å². The largest absolute Gasteiger partial charge is 0.416 e. The molecule has 148 valence electrons. The average Bonchev–Trinajstić information content (AvgIpc) is 3.24. The standard InChI is InChI=1S/C20H13F4N3OS/c21-14-5-1-12(2-6-14)17-10-27-16(11-29-19(27)26-17)9-18(28)25-15-7-3-13(4-8-15)20(22,23)24/h1-8,10-11H,9H2,(H,25,28). The van der Waals surface area contributed by atoms with Crippen molar-refractivity contribution < 1.29 is 22.4 Å². The zero-order valence-electron chi connectivity index (χ0n) is 14.7. The number of benzene rings is 2. The number of hydrogen-bond acceptors (Lipinski definition) is 3. The van der Waals surface area contributed by atoms with E-state index >= 15 is 0 Å². The quantitative estimate of drug-likeness (QED) is 0.450. The number of nitrogens with one attached hydrogen (secondary N) is 1. The van der Waals surface area contributed by atoms with Gasteiger partial charge in [0.05, 0.1) is 17.7 Å². The molecule has 0 aliphatic rings. The Labute approximate surface area is 166 Å². The third-order valence-corrected chi connectivity index (χ3v) is 5.15. The third kappa shape index (κ3) is 4.14. The van der Waals surface area contributed by atoms with Crippen LogP contribution in [0.3, 0.4) is 0 Å². The molecule has 29 heavy (non-hydrogen) atoms. The van der Waals surface area contributed by atoms with Gasteiger partial charge in [-0.2, -0.15) is 13.2 Å². The monoisotopic (exact) mass is 419 g/mol. The second kappa shape index (κ2) is 7.32. The predicted molar refractivity (Wildman–Crippen MR) is 102 cm³/mol. The predicted octanol–water partition coefficient (Wildman–Crippen LogP) is 5.40. The van der Waals surface area contributed by atoms with Crippen LogP contribution in [0, 0.1) is 5.82 Å². The van der Waals surface area contributed by atoms with Gasteiger partial charge in [-0.1, -0.05) is 0 Å². The minimum Gasteiger partial charge on any atom is -0.326 e. The number of hydrogen-bond donors (Lipinski definition) is 1. The Hall–Kier alpha value is -3.20. The SMILES string of the molecule is O=C(Cc1csc2nc(-c3ccc(F)cc3)cn12)Nc1ccc(C(F)(F)F)cc1. The maximum Gasteiger partial charge on any atom is 0.416 e. The summed E-state index contributed by atoms with van der Waals surface area (Å²) in [6.45, 7) is 0. The molecule has 2 aromatic carbocycles. The fourth-order valence-corrected chi connectivity index (χ4v) is 3.70. The smallest absolute Gasteiger partial charge is 0.326 e. The van der Waals surface area contributed by atoms with Crippen LogP contribution in [-0.2, 0) is 17.4 Å². The van der Waals surface area contributed by atoms with Gasteiger partial charge in [-0.05, 0) is 48.5 Å². The summed E-state index contributed by atoms with van der Waals surface area (Å²) in [5.41, 5.74) is 1.60. The molecule has 0 unspecified atom stereocenters.